The highest BCUT2D eigenvalue weighted by atomic mass is 16.5. The van der Waals surface area contributed by atoms with Gasteiger partial charge in [-0.15, -0.1) is 0 Å². The Hall–Kier alpha value is -1.45. The van der Waals surface area contributed by atoms with Crippen LogP contribution in [-0.2, 0) is 11.8 Å². The lowest BCUT2D eigenvalue weighted by Gasteiger charge is -2.02. The monoisotopic (exact) mass is 169 g/mol. The summed E-state index contributed by atoms with van der Waals surface area (Å²) in [5.74, 6) is -0.543. The fourth-order valence-corrected chi connectivity index (χ4v) is 0.965. The number of hydrogen-bond acceptors (Lipinski definition) is 3. The number of nitrogens with zero attached hydrogens (tertiary/aromatic N) is 1. The van der Waals surface area contributed by atoms with Crippen molar-refractivity contribution in [3.8, 4) is 5.75 Å². The number of esters is 1. The van der Waals surface area contributed by atoms with Gasteiger partial charge in [-0.3, -0.25) is 0 Å². The molecule has 0 radical (unpaired) electrons. The van der Waals surface area contributed by atoms with E-state index in [4.69, 9.17) is 4.74 Å². The van der Waals surface area contributed by atoms with Crippen molar-refractivity contribution >= 4 is 5.97 Å². The highest BCUT2D eigenvalue weighted by molar-refractivity contribution is 5.90. The fraction of sp³-hybridized carbons (Fsp3) is 0.375. The number of aryl methyl sites for hydroxylation is 1. The molecule has 0 saturated heterocycles. The van der Waals surface area contributed by atoms with Crippen LogP contribution in [0.4, 0.5) is 0 Å². The molecule has 0 aliphatic carbocycles. The molecule has 0 aliphatic heterocycles. The van der Waals surface area contributed by atoms with Crippen LogP contribution >= 0.6 is 0 Å². The maximum atomic E-state index is 11.1. The molecule has 1 aromatic heterocycles. The first kappa shape index (κ1) is 8.64. The second-order valence-corrected chi connectivity index (χ2v) is 2.38. The Labute approximate surface area is 70.4 Å². The summed E-state index contributed by atoms with van der Waals surface area (Å²) >= 11 is 0. The van der Waals surface area contributed by atoms with Crippen LogP contribution in [0.5, 0.6) is 5.75 Å². The van der Waals surface area contributed by atoms with Crippen molar-refractivity contribution in [2.24, 2.45) is 7.05 Å². The summed E-state index contributed by atoms with van der Waals surface area (Å²) in [7, 11) is 1.67. The SMILES string of the molecule is CCOC(=O)c1c(O)ccn1C. The summed E-state index contributed by atoms with van der Waals surface area (Å²) in [6.45, 7) is 2.03. The molecule has 66 valence electrons. The molecule has 0 aromatic carbocycles. The smallest absolute Gasteiger partial charge is 0.358 e. The lowest BCUT2D eigenvalue weighted by molar-refractivity contribution is 0.0512. The van der Waals surface area contributed by atoms with E-state index in [2.05, 4.69) is 0 Å². The Morgan fingerprint density at radius 2 is 2.42 bits per heavy atom. The minimum atomic E-state index is -0.498. The van der Waals surface area contributed by atoms with Gasteiger partial charge in [0.25, 0.3) is 0 Å². The van der Waals surface area contributed by atoms with E-state index in [1.54, 1.807) is 20.2 Å². The van der Waals surface area contributed by atoms with Gasteiger partial charge in [-0.05, 0) is 13.0 Å². The topological polar surface area (TPSA) is 51.5 Å². The summed E-state index contributed by atoms with van der Waals surface area (Å²) in [5, 5.41) is 9.21. The van der Waals surface area contributed by atoms with Gasteiger partial charge in [0.05, 0.1) is 6.61 Å². The third-order valence-corrected chi connectivity index (χ3v) is 1.52. The predicted octanol–water partition coefficient (Wildman–Crippen LogP) is 0.907. The first-order valence-electron chi connectivity index (χ1n) is 3.68. The first-order valence-corrected chi connectivity index (χ1v) is 3.68. The minimum absolute atomic E-state index is 0.0454. The van der Waals surface area contributed by atoms with Crippen LogP contribution in [0.25, 0.3) is 0 Å². The van der Waals surface area contributed by atoms with Crippen molar-refractivity contribution in [3.63, 3.8) is 0 Å². The Kier molecular flexibility index (Phi) is 2.38. The van der Waals surface area contributed by atoms with Crippen molar-refractivity contribution < 1.29 is 14.6 Å². The fourth-order valence-electron chi connectivity index (χ4n) is 0.965. The van der Waals surface area contributed by atoms with Crippen LogP contribution in [0.3, 0.4) is 0 Å². The van der Waals surface area contributed by atoms with Gasteiger partial charge in [0.2, 0.25) is 0 Å². The van der Waals surface area contributed by atoms with Gasteiger partial charge in [-0.25, -0.2) is 4.79 Å². The summed E-state index contributed by atoms with van der Waals surface area (Å²) in [5.41, 5.74) is 0.192. The highest BCUT2D eigenvalue weighted by Crippen LogP contribution is 2.17. The molecule has 1 heterocycles. The highest BCUT2D eigenvalue weighted by Gasteiger charge is 2.15. The molecule has 0 amide bonds. The van der Waals surface area contributed by atoms with Crippen molar-refractivity contribution in [2.75, 3.05) is 6.61 Å². The molecule has 0 fully saturated rings. The summed E-state index contributed by atoms with van der Waals surface area (Å²) < 4.78 is 6.25. The van der Waals surface area contributed by atoms with Crippen LogP contribution < -0.4 is 0 Å². The van der Waals surface area contributed by atoms with E-state index in [1.165, 1.54) is 10.6 Å². The molecule has 0 bridgehead atoms. The second-order valence-electron chi connectivity index (χ2n) is 2.38. The number of carbonyl (C=O) groups is 1. The molecule has 1 aromatic rings. The van der Waals surface area contributed by atoms with Gasteiger partial charge in [0, 0.05) is 13.2 Å². The van der Waals surface area contributed by atoms with E-state index in [1.807, 2.05) is 0 Å². The van der Waals surface area contributed by atoms with Crippen molar-refractivity contribution in [1.82, 2.24) is 4.57 Å². The average Bonchev–Trinajstić information content (AvgIpc) is 2.32. The number of carbonyl (C=O) groups excluding carboxylic acids is 1. The van der Waals surface area contributed by atoms with Crippen LogP contribution in [0, 0.1) is 0 Å². The molecule has 12 heavy (non-hydrogen) atoms. The minimum Gasteiger partial charge on any atom is -0.505 e. The lowest BCUT2D eigenvalue weighted by Crippen LogP contribution is -2.09. The van der Waals surface area contributed by atoms with Gasteiger partial charge in [0.15, 0.2) is 5.69 Å². The summed E-state index contributed by atoms with van der Waals surface area (Å²) in [6.07, 6.45) is 1.60. The van der Waals surface area contributed by atoms with E-state index in [0.29, 0.717) is 6.61 Å². The third kappa shape index (κ3) is 1.42. The van der Waals surface area contributed by atoms with E-state index < -0.39 is 5.97 Å². The number of aromatic hydroxyl groups is 1. The Morgan fingerprint density at radius 1 is 1.75 bits per heavy atom. The molecule has 1 rings (SSSR count). The maximum absolute atomic E-state index is 11.1. The Bertz CT molecular complexity index is 271. The number of aromatic nitrogens is 1. The second kappa shape index (κ2) is 3.30. The van der Waals surface area contributed by atoms with E-state index >= 15 is 0 Å². The molecular formula is C8H11NO3. The van der Waals surface area contributed by atoms with Crippen LogP contribution in [0.2, 0.25) is 0 Å². The zero-order valence-corrected chi connectivity index (χ0v) is 7.07. The van der Waals surface area contributed by atoms with Crippen LogP contribution in [0.1, 0.15) is 17.4 Å². The Balaban J connectivity index is 2.93. The van der Waals surface area contributed by atoms with Crippen molar-refractivity contribution in [2.45, 2.75) is 6.92 Å². The molecule has 0 saturated carbocycles. The lowest BCUT2D eigenvalue weighted by atomic mass is 10.4. The normalized spacial score (nSPS) is 9.83. The average molecular weight is 169 g/mol. The predicted molar refractivity (Wildman–Crippen MR) is 43.0 cm³/mol. The number of hydrogen-bond donors (Lipinski definition) is 1. The first-order chi connectivity index (χ1) is 5.66. The summed E-state index contributed by atoms with van der Waals surface area (Å²) in [4.78, 5) is 11.1. The number of ether oxygens (including phenoxy) is 1. The van der Waals surface area contributed by atoms with E-state index in [-0.39, 0.29) is 11.4 Å². The molecule has 0 unspecified atom stereocenters. The quantitative estimate of drug-likeness (QED) is 0.669. The van der Waals surface area contributed by atoms with Gasteiger partial charge < -0.3 is 14.4 Å². The van der Waals surface area contributed by atoms with Crippen molar-refractivity contribution in [1.29, 1.82) is 0 Å². The largest absolute Gasteiger partial charge is 0.505 e. The molecule has 1 N–H and O–H groups in total. The van der Waals surface area contributed by atoms with Gasteiger partial charge in [-0.2, -0.15) is 0 Å². The third-order valence-electron chi connectivity index (χ3n) is 1.52. The van der Waals surface area contributed by atoms with E-state index in [0.717, 1.165) is 0 Å². The standard InChI is InChI=1S/C8H11NO3/c1-3-12-8(11)7-6(10)4-5-9(7)2/h4-5,10H,3H2,1-2H3. The van der Waals surface area contributed by atoms with E-state index in [9.17, 15) is 9.90 Å². The van der Waals surface area contributed by atoms with Crippen LogP contribution in [-0.4, -0.2) is 22.2 Å². The van der Waals surface area contributed by atoms with Gasteiger partial charge in [0.1, 0.15) is 5.75 Å². The molecule has 4 nitrogen and oxygen atoms in total. The zero-order valence-electron chi connectivity index (χ0n) is 7.07. The van der Waals surface area contributed by atoms with Gasteiger partial charge in [-0.1, -0.05) is 0 Å². The van der Waals surface area contributed by atoms with Crippen LogP contribution in [0.15, 0.2) is 12.3 Å². The molecule has 0 aliphatic rings. The maximum Gasteiger partial charge on any atom is 0.358 e. The zero-order chi connectivity index (χ0) is 9.14. The summed E-state index contributed by atoms with van der Waals surface area (Å²) in [6, 6.07) is 1.45. The van der Waals surface area contributed by atoms with Gasteiger partial charge >= 0.3 is 5.97 Å². The molecule has 0 atom stereocenters. The number of rotatable bonds is 2. The molecular weight excluding hydrogens is 158 g/mol. The van der Waals surface area contributed by atoms with Crippen molar-refractivity contribution in [3.05, 3.63) is 18.0 Å². The Morgan fingerprint density at radius 3 is 2.83 bits per heavy atom. The molecule has 0 spiro atoms. The molecule has 4 heteroatoms.